The zero-order valence-electron chi connectivity index (χ0n) is 12.2. The van der Waals surface area contributed by atoms with E-state index in [0.29, 0.717) is 0 Å². The summed E-state index contributed by atoms with van der Waals surface area (Å²) in [6.07, 6.45) is 2.39. The number of hydrazine groups is 1. The molecule has 0 bridgehead atoms. The van der Waals surface area contributed by atoms with Crippen molar-refractivity contribution in [2.45, 2.75) is 38.1 Å². The lowest BCUT2D eigenvalue weighted by Crippen LogP contribution is -2.36. The quantitative estimate of drug-likeness (QED) is 0.656. The molecular formula is C18H22N2. The molecule has 1 atom stereocenters. The number of benzene rings is 2. The van der Waals surface area contributed by atoms with Crippen LogP contribution in [0.15, 0.2) is 48.5 Å². The van der Waals surface area contributed by atoms with E-state index in [-0.39, 0.29) is 11.5 Å². The Balaban J connectivity index is 2.00. The summed E-state index contributed by atoms with van der Waals surface area (Å²) >= 11 is 0. The highest BCUT2D eigenvalue weighted by atomic mass is 15.2. The third kappa shape index (κ3) is 2.15. The van der Waals surface area contributed by atoms with Crippen LogP contribution in [0.3, 0.4) is 0 Å². The summed E-state index contributed by atoms with van der Waals surface area (Å²) in [7, 11) is 0. The number of hydrogen-bond acceptors (Lipinski definition) is 2. The van der Waals surface area contributed by atoms with Gasteiger partial charge in [-0.2, -0.15) is 0 Å². The minimum absolute atomic E-state index is 0.164. The highest BCUT2D eigenvalue weighted by molar-refractivity contribution is 5.40. The van der Waals surface area contributed by atoms with Gasteiger partial charge in [0.15, 0.2) is 0 Å². The van der Waals surface area contributed by atoms with Crippen LogP contribution in [0.1, 0.15) is 41.1 Å². The third-order valence-electron chi connectivity index (χ3n) is 4.72. The van der Waals surface area contributed by atoms with Crippen LogP contribution in [0.25, 0.3) is 0 Å². The monoisotopic (exact) mass is 266 g/mol. The lowest BCUT2D eigenvalue weighted by Gasteiger charge is -2.28. The second-order valence-corrected chi connectivity index (χ2v) is 5.97. The predicted molar refractivity (Wildman–Crippen MR) is 83.3 cm³/mol. The van der Waals surface area contributed by atoms with E-state index < -0.39 is 0 Å². The zero-order valence-corrected chi connectivity index (χ0v) is 12.2. The number of nitrogens with two attached hydrogens (primary N) is 1. The fourth-order valence-electron chi connectivity index (χ4n) is 3.17. The predicted octanol–water partition coefficient (Wildman–Crippen LogP) is 3.54. The van der Waals surface area contributed by atoms with Crippen LogP contribution in [-0.2, 0) is 5.41 Å². The first-order valence-electron chi connectivity index (χ1n) is 7.26. The van der Waals surface area contributed by atoms with E-state index >= 15 is 0 Å². The van der Waals surface area contributed by atoms with Gasteiger partial charge in [0, 0.05) is 5.41 Å². The normalized spacial score (nSPS) is 17.8. The molecule has 104 valence electrons. The fourth-order valence-corrected chi connectivity index (χ4v) is 3.17. The molecule has 0 amide bonds. The van der Waals surface area contributed by atoms with Gasteiger partial charge in [-0.15, -0.1) is 0 Å². The molecule has 1 unspecified atom stereocenters. The molecule has 1 saturated carbocycles. The first-order chi connectivity index (χ1) is 9.67. The Morgan fingerprint density at radius 3 is 2.25 bits per heavy atom. The maximum absolute atomic E-state index is 5.91. The minimum Gasteiger partial charge on any atom is -0.271 e. The summed E-state index contributed by atoms with van der Waals surface area (Å²) in [5.41, 5.74) is 8.56. The fraction of sp³-hybridized carbons (Fsp3) is 0.333. The van der Waals surface area contributed by atoms with Gasteiger partial charge in [-0.05, 0) is 48.9 Å². The average Bonchev–Trinajstić information content (AvgIpc) is 3.26. The van der Waals surface area contributed by atoms with E-state index in [4.69, 9.17) is 5.84 Å². The van der Waals surface area contributed by atoms with Gasteiger partial charge in [0.25, 0.3) is 0 Å². The number of aryl methyl sites for hydroxylation is 2. The average molecular weight is 266 g/mol. The summed E-state index contributed by atoms with van der Waals surface area (Å²) in [6.45, 7) is 4.31. The second-order valence-electron chi connectivity index (χ2n) is 5.97. The third-order valence-corrected chi connectivity index (χ3v) is 4.72. The van der Waals surface area contributed by atoms with Gasteiger partial charge in [0.1, 0.15) is 0 Å². The van der Waals surface area contributed by atoms with Gasteiger partial charge in [-0.25, -0.2) is 0 Å². The lowest BCUT2D eigenvalue weighted by atomic mass is 9.83. The summed E-state index contributed by atoms with van der Waals surface area (Å²) in [4.78, 5) is 0. The Hall–Kier alpha value is -1.64. The Morgan fingerprint density at radius 1 is 1.00 bits per heavy atom. The Kier molecular flexibility index (Phi) is 3.36. The smallest absolute Gasteiger partial charge is 0.0556 e. The molecule has 3 N–H and O–H groups in total. The topological polar surface area (TPSA) is 38.0 Å². The van der Waals surface area contributed by atoms with Crippen molar-refractivity contribution in [3.8, 4) is 0 Å². The van der Waals surface area contributed by atoms with Crippen LogP contribution in [0, 0.1) is 13.8 Å². The highest BCUT2D eigenvalue weighted by Gasteiger charge is 2.50. The van der Waals surface area contributed by atoms with Crippen LogP contribution in [0.4, 0.5) is 0 Å². The van der Waals surface area contributed by atoms with E-state index in [1.807, 2.05) is 0 Å². The van der Waals surface area contributed by atoms with Crippen LogP contribution >= 0.6 is 0 Å². The standard InChI is InChI=1S/C18H22N2/c1-13-8-9-15(12-14(13)2)17(20-19)18(10-11-18)16-6-4-3-5-7-16/h3-9,12,17,20H,10-11,19H2,1-2H3. The molecule has 20 heavy (non-hydrogen) atoms. The molecule has 0 aromatic heterocycles. The first-order valence-corrected chi connectivity index (χ1v) is 7.26. The van der Waals surface area contributed by atoms with Crippen molar-refractivity contribution in [2.75, 3.05) is 0 Å². The molecule has 0 aliphatic heterocycles. The van der Waals surface area contributed by atoms with E-state index in [0.717, 1.165) is 0 Å². The molecule has 0 spiro atoms. The summed E-state index contributed by atoms with van der Waals surface area (Å²) < 4.78 is 0. The van der Waals surface area contributed by atoms with Crippen molar-refractivity contribution in [2.24, 2.45) is 5.84 Å². The zero-order chi connectivity index (χ0) is 14.2. The molecule has 3 rings (SSSR count). The van der Waals surface area contributed by atoms with Crippen LogP contribution < -0.4 is 11.3 Å². The molecule has 2 heteroatoms. The molecule has 2 aromatic carbocycles. The molecule has 0 radical (unpaired) electrons. The first kappa shape index (κ1) is 13.3. The number of rotatable bonds is 4. The maximum Gasteiger partial charge on any atom is 0.0556 e. The van der Waals surface area contributed by atoms with Gasteiger partial charge < -0.3 is 0 Å². The van der Waals surface area contributed by atoms with Gasteiger partial charge in [-0.1, -0.05) is 48.5 Å². The SMILES string of the molecule is Cc1ccc(C(NN)C2(c3ccccc3)CC2)cc1C. The Bertz CT molecular complexity index is 600. The van der Waals surface area contributed by atoms with Gasteiger partial charge in [0.05, 0.1) is 6.04 Å². The molecule has 1 fully saturated rings. The molecule has 0 saturated heterocycles. The van der Waals surface area contributed by atoms with Crippen molar-refractivity contribution in [3.05, 3.63) is 70.8 Å². The molecule has 2 aromatic rings. The molecule has 1 aliphatic rings. The van der Waals surface area contributed by atoms with Crippen molar-refractivity contribution < 1.29 is 0 Å². The lowest BCUT2D eigenvalue weighted by molar-refractivity contribution is 0.439. The highest BCUT2D eigenvalue weighted by Crippen LogP contribution is 2.56. The van der Waals surface area contributed by atoms with Gasteiger partial charge in [-0.3, -0.25) is 11.3 Å². The van der Waals surface area contributed by atoms with Crippen molar-refractivity contribution >= 4 is 0 Å². The summed E-state index contributed by atoms with van der Waals surface area (Å²) in [5.74, 6) is 5.91. The number of nitrogens with one attached hydrogen (secondary N) is 1. The van der Waals surface area contributed by atoms with Crippen LogP contribution in [0.2, 0.25) is 0 Å². The van der Waals surface area contributed by atoms with Gasteiger partial charge >= 0.3 is 0 Å². The van der Waals surface area contributed by atoms with E-state index in [9.17, 15) is 0 Å². The van der Waals surface area contributed by atoms with Crippen LogP contribution in [0.5, 0.6) is 0 Å². The molecule has 0 heterocycles. The number of hydrogen-bond donors (Lipinski definition) is 2. The minimum atomic E-state index is 0.164. The molecule has 2 nitrogen and oxygen atoms in total. The van der Waals surface area contributed by atoms with Crippen molar-refractivity contribution in [3.63, 3.8) is 0 Å². The van der Waals surface area contributed by atoms with Crippen molar-refractivity contribution in [1.82, 2.24) is 5.43 Å². The van der Waals surface area contributed by atoms with Crippen LogP contribution in [-0.4, -0.2) is 0 Å². The molecular weight excluding hydrogens is 244 g/mol. The Morgan fingerprint density at radius 2 is 1.70 bits per heavy atom. The second kappa shape index (κ2) is 5.04. The maximum atomic E-state index is 5.91. The molecule has 1 aliphatic carbocycles. The van der Waals surface area contributed by atoms with E-state index in [2.05, 4.69) is 67.8 Å². The van der Waals surface area contributed by atoms with Gasteiger partial charge in [0.2, 0.25) is 0 Å². The van der Waals surface area contributed by atoms with E-state index in [1.165, 1.54) is 35.1 Å². The Labute approximate surface area is 121 Å². The summed E-state index contributed by atoms with van der Waals surface area (Å²) in [5, 5.41) is 0. The largest absolute Gasteiger partial charge is 0.271 e. The summed E-state index contributed by atoms with van der Waals surface area (Å²) in [6, 6.07) is 17.6. The van der Waals surface area contributed by atoms with Crippen molar-refractivity contribution in [1.29, 1.82) is 0 Å². The van der Waals surface area contributed by atoms with E-state index in [1.54, 1.807) is 0 Å².